The quantitative estimate of drug-likeness (QED) is 0.291. The Labute approximate surface area is 270 Å². The molecule has 2 saturated heterocycles. The number of aromatic nitrogens is 3. The van der Waals surface area contributed by atoms with Crippen LogP contribution in [-0.2, 0) is 18.4 Å². The first kappa shape index (κ1) is 28.8. The predicted octanol–water partition coefficient (Wildman–Crippen LogP) is 3.87. The van der Waals surface area contributed by atoms with Crippen molar-refractivity contribution in [3.05, 3.63) is 89.4 Å². The molecule has 0 aliphatic carbocycles. The number of hydrazine groups is 1. The molecule has 236 valence electrons. The van der Waals surface area contributed by atoms with Crippen molar-refractivity contribution in [2.45, 2.75) is 19.9 Å². The smallest absolute Gasteiger partial charge is 0.343 e. The number of nitrogens with zero attached hydrogens (tertiary/aromatic N) is 7. The van der Waals surface area contributed by atoms with E-state index < -0.39 is 23.8 Å². The molecule has 2 fully saturated rings. The van der Waals surface area contributed by atoms with Gasteiger partial charge < -0.3 is 9.47 Å². The van der Waals surface area contributed by atoms with Crippen molar-refractivity contribution in [3.8, 4) is 11.1 Å². The zero-order valence-corrected chi connectivity index (χ0v) is 26.1. The van der Waals surface area contributed by atoms with Gasteiger partial charge in [-0.05, 0) is 53.9 Å². The average molecular weight is 629 g/mol. The van der Waals surface area contributed by atoms with Crippen molar-refractivity contribution in [2.24, 2.45) is 7.05 Å². The number of amides is 5. The number of nitrogens with one attached hydrogen (secondary N) is 1. The van der Waals surface area contributed by atoms with E-state index in [1.165, 1.54) is 5.39 Å². The summed E-state index contributed by atoms with van der Waals surface area (Å²) in [7, 11) is 2.08. The highest BCUT2D eigenvalue weighted by atomic mass is 16.2. The SMILES string of the molecule is Cc1cc(-c2ccc3c4cnccc4n(C)c3c2)cnc1N1CCN(Cc2ccc3c(c2)C(=O)N(N2CCC(=O)NC2=O)C3=O)CC1. The van der Waals surface area contributed by atoms with E-state index in [0.717, 1.165) is 80.7 Å². The molecule has 3 aliphatic rings. The number of piperazine rings is 1. The van der Waals surface area contributed by atoms with Gasteiger partial charge >= 0.3 is 6.03 Å². The molecule has 5 amide bonds. The van der Waals surface area contributed by atoms with E-state index in [1.54, 1.807) is 12.1 Å². The Morgan fingerprint density at radius 2 is 1.60 bits per heavy atom. The minimum absolute atomic E-state index is 0.0237. The van der Waals surface area contributed by atoms with Crippen LogP contribution in [-0.4, -0.2) is 85.9 Å². The Morgan fingerprint density at radius 1 is 0.787 bits per heavy atom. The van der Waals surface area contributed by atoms with Gasteiger partial charge in [0.05, 0.1) is 23.2 Å². The zero-order valence-electron chi connectivity index (χ0n) is 26.1. The van der Waals surface area contributed by atoms with Gasteiger partial charge in [-0.15, -0.1) is 0 Å². The maximum atomic E-state index is 13.2. The molecular weight excluding hydrogens is 596 g/mol. The van der Waals surface area contributed by atoms with E-state index in [1.807, 2.05) is 30.7 Å². The van der Waals surface area contributed by atoms with Gasteiger partial charge in [-0.1, -0.05) is 18.2 Å². The lowest BCUT2D eigenvalue weighted by Crippen LogP contribution is -2.58. The highest BCUT2D eigenvalue weighted by Crippen LogP contribution is 2.33. The van der Waals surface area contributed by atoms with E-state index in [4.69, 9.17) is 4.98 Å². The van der Waals surface area contributed by atoms with E-state index in [0.29, 0.717) is 6.54 Å². The fourth-order valence-corrected chi connectivity index (χ4v) is 7.00. The van der Waals surface area contributed by atoms with Gasteiger partial charge in [0.25, 0.3) is 11.8 Å². The number of rotatable bonds is 5. The number of fused-ring (bicyclic) bond motifs is 4. The maximum Gasteiger partial charge on any atom is 0.343 e. The number of carbonyl (C=O) groups is 4. The van der Waals surface area contributed by atoms with E-state index in [9.17, 15) is 19.2 Å². The summed E-state index contributed by atoms with van der Waals surface area (Å²) in [5.41, 5.74) is 7.08. The predicted molar refractivity (Wildman–Crippen MR) is 175 cm³/mol. The lowest BCUT2D eigenvalue weighted by Gasteiger charge is -2.36. The fourth-order valence-electron chi connectivity index (χ4n) is 7.00. The van der Waals surface area contributed by atoms with Crippen molar-refractivity contribution in [2.75, 3.05) is 37.6 Å². The summed E-state index contributed by atoms with van der Waals surface area (Å²) < 4.78 is 2.21. The molecule has 12 nitrogen and oxygen atoms in total. The van der Waals surface area contributed by atoms with Crippen molar-refractivity contribution in [1.29, 1.82) is 0 Å². The number of carbonyl (C=O) groups excluding carboxylic acids is 4. The van der Waals surface area contributed by atoms with Gasteiger partial charge in [0.2, 0.25) is 5.91 Å². The van der Waals surface area contributed by atoms with Crippen LogP contribution in [0.15, 0.2) is 67.1 Å². The lowest BCUT2D eigenvalue weighted by molar-refractivity contribution is -0.122. The Hall–Kier alpha value is -5.62. The van der Waals surface area contributed by atoms with Gasteiger partial charge in [0, 0.05) is 86.6 Å². The first-order chi connectivity index (χ1) is 22.8. The first-order valence-corrected chi connectivity index (χ1v) is 15.7. The fraction of sp³-hybridized carbons (Fsp3) is 0.257. The second kappa shape index (κ2) is 11.0. The third kappa shape index (κ3) is 4.79. The number of pyridine rings is 2. The molecule has 6 heterocycles. The van der Waals surface area contributed by atoms with Crippen LogP contribution < -0.4 is 10.2 Å². The molecular formula is C35H32N8O4. The summed E-state index contributed by atoms with van der Waals surface area (Å²) in [5.74, 6) is -0.563. The Kier molecular flexibility index (Phi) is 6.76. The number of hydrogen-bond acceptors (Lipinski definition) is 8. The molecule has 0 unspecified atom stereocenters. The molecule has 0 bridgehead atoms. The van der Waals surface area contributed by atoms with E-state index in [2.05, 4.69) is 62.9 Å². The molecule has 12 heteroatoms. The summed E-state index contributed by atoms with van der Waals surface area (Å²) in [6.07, 6.45) is 5.72. The molecule has 0 radical (unpaired) electrons. The van der Waals surface area contributed by atoms with Gasteiger partial charge in [-0.25, -0.2) is 14.8 Å². The number of imide groups is 2. The Bertz CT molecular complexity index is 2150. The first-order valence-electron chi connectivity index (χ1n) is 15.7. The Balaban J connectivity index is 0.933. The number of urea groups is 1. The van der Waals surface area contributed by atoms with Crippen LogP contribution in [0, 0.1) is 6.92 Å². The summed E-state index contributed by atoms with van der Waals surface area (Å²) in [5, 5.41) is 6.35. The van der Waals surface area contributed by atoms with Crippen LogP contribution >= 0.6 is 0 Å². The van der Waals surface area contributed by atoms with E-state index in [-0.39, 0.29) is 24.1 Å². The molecule has 1 N–H and O–H groups in total. The molecule has 8 rings (SSSR count). The highest BCUT2D eigenvalue weighted by Gasteiger charge is 2.43. The number of benzene rings is 2. The van der Waals surface area contributed by atoms with Gasteiger partial charge in [0.1, 0.15) is 5.82 Å². The molecule has 47 heavy (non-hydrogen) atoms. The van der Waals surface area contributed by atoms with Crippen LogP contribution in [0.4, 0.5) is 10.6 Å². The maximum absolute atomic E-state index is 13.2. The van der Waals surface area contributed by atoms with Crippen molar-refractivity contribution >= 4 is 51.4 Å². The standard InChI is InChI=1S/C35H32N8O4/c1-21-15-24(23-4-6-25-28-19-36-9-7-29(28)39(2)30(25)17-23)18-37-32(21)41-13-11-40(12-14-41)20-22-3-5-26-27(16-22)34(46)43(33(26)45)42-10-8-31(44)38-35(42)47/h3-7,9,15-19H,8,10-14,20H2,1-2H3,(H,38,44,47). The number of aryl methyl sites for hydroxylation is 2. The number of anilines is 1. The molecule has 0 saturated carbocycles. The van der Waals surface area contributed by atoms with Crippen molar-refractivity contribution < 1.29 is 19.2 Å². The van der Waals surface area contributed by atoms with Crippen LogP contribution in [0.2, 0.25) is 0 Å². The number of hydrogen-bond donors (Lipinski definition) is 1. The summed E-state index contributed by atoms with van der Waals surface area (Å²) >= 11 is 0. The van der Waals surface area contributed by atoms with Crippen LogP contribution in [0.3, 0.4) is 0 Å². The molecule has 0 atom stereocenters. The Morgan fingerprint density at radius 3 is 2.38 bits per heavy atom. The van der Waals surface area contributed by atoms with Crippen LogP contribution in [0.5, 0.6) is 0 Å². The van der Waals surface area contributed by atoms with E-state index >= 15 is 0 Å². The summed E-state index contributed by atoms with van der Waals surface area (Å²) in [4.78, 5) is 63.9. The average Bonchev–Trinajstić information content (AvgIpc) is 3.50. The van der Waals surface area contributed by atoms with Gasteiger partial charge in [-0.2, -0.15) is 5.01 Å². The second-order valence-corrected chi connectivity index (χ2v) is 12.3. The minimum Gasteiger partial charge on any atom is -0.354 e. The molecule has 2 aromatic carbocycles. The topological polar surface area (TPSA) is 124 Å². The third-order valence-electron chi connectivity index (χ3n) is 9.47. The molecule has 5 aromatic rings. The molecule has 3 aliphatic heterocycles. The normalized spacial score (nSPS) is 17.3. The summed E-state index contributed by atoms with van der Waals surface area (Å²) in [6, 6.07) is 15.3. The molecule has 3 aromatic heterocycles. The monoisotopic (exact) mass is 628 g/mol. The van der Waals surface area contributed by atoms with Crippen molar-refractivity contribution in [1.82, 2.24) is 34.8 Å². The lowest BCUT2D eigenvalue weighted by atomic mass is 10.0. The largest absolute Gasteiger partial charge is 0.354 e. The van der Waals surface area contributed by atoms with Crippen LogP contribution in [0.25, 0.3) is 32.9 Å². The highest BCUT2D eigenvalue weighted by molar-refractivity contribution is 6.22. The third-order valence-corrected chi connectivity index (χ3v) is 9.47. The minimum atomic E-state index is -0.770. The van der Waals surface area contributed by atoms with Gasteiger partial charge in [-0.3, -0.25) is 29.6 Å². The second-order valence-electron chi connectivity index (χ2n) is 12.3. The van der Waals surface area contributed by atoms with Crippen molar-refractivity contribution in [3.63, 3.8) is 0 Å². The molecule has 0 spiro atoms. The van der Waals surface area contributed by atoms with Crippen LogP contribution in [0.1, 0.15) is 38.3 Å². The van der Waals surface area contributed by atoms with Gasteiger partial charge in [0.15, 0.2) is 0 Å². The zero-order chi connectivity index (χ0) is 32.4. The summed E-state index contributed by atoms with van der Waals surface area (Å²) in [6.45, 7) is 5.95.